The lowest BCUT2D eigenvalue weighted by Gasteiger charge is -2.11. The molecule has 18 heavy (non-hydrogen) atoms. The maximum Gasteiger partial charge on any atom is 0.319 e. The Morgan fingerprint density at radius 3 is 2.39 bits per heavy atom. The van der Waals surface area contributed by atoms with Gasteiger partial charge in [0.1, 0.15) is 5.41 Å². The van der Waals surface area contributed by atoms with Crippen molar-refractivity contribution in [2.75, 3.05) is 11.6 Å². The number of carboxylic acids is 1. The quantitative estimate of drug-likeness (QED) is 0.802. The fourth-order valence-electron chi connectivity index (χ4n) is 1.76. The van der Waals surface area contributed by atoms with Crippen LogP contribution in [0.1, 0.15) is 18.4 Å². The summed E-state index contributed by atoms with van der Waals surface area (Å²) in [6.45, 7) is 0. The third-order valence-corrected chi connectivity index (χ3v) is 3.74. The Morgan fingerprint density at radius 1 is 1.33 bits per heavy atom. The van der Waals surface area contributed by atoms with Crippen LogP contribution in [0.15, 0.2) is 24.3 Å². The monoisotopic (exact) mass is 265 g/mol. The van der Waals surface area contributed by atoms with Crippen LogP contribution in [0.3, 0.4) is 0 Å². The molecule has 0 spiro atoms. The van der Waals surface area contributed by atoms with Gasteiger partial charge >= 0.3 is 5.97 Å². The molecule has 1 aromatic rings. The highest BCUT2D eigenvalue weighted by molar-refractivity contribution is 7.97. The summed E-state index contributed by atoms with van der Waals surface area (Å²) in [6.07, 6.45) is 2.89. The first-order valence-corrected chi connectivity index (χ1v) is 7.10. The first-order chi connectivity index (χ1) is 8.58. The summed E-state index contributed by atoms with van der Waals surface area (Å²) in [5.74, 6) is -0.514. The molecule has 2 rings (SSSR count). The molecule has 5 heteroatoms. The number of carbonyl (C=O) groups excluding carboxylic acids is 1. The Hall–Kier alpha value is -1.49. The summed E-state index contributed by atoms with van der Waals surface area (Å²) in [6, 6.07) is 7.49. The fourth-order valence-corrected chi connectivity index (χ4v) is 2.29. The summed E-state index contributed by atoms with van der Waals surface area (Å²) in [5, 5.41) is 11.7. The predicted octanol–water partition coefficient (Wildman–Crippen LogP) is 2.35. The van der Waals surface area contributed by atoms with Crippen molar-refractivity contribution in [3.8, 4) is 0 Å². The summed E-state index contributed by atoms with van der Waals surface area (Å²) in [5.41, 5.74) is 0.648. The molecule has 1 aromatic carbocycles. The molecule has 0 saturated heterocycles. The second-order valence-corrected chi connectivity index (χ2v) is 5.34. The van der Waals surface area contributed by atoms with Gasteiger partial charge in [-0.2, -0.15) is 11.8 Å². The molecule has 2 N–H and O–H groups in total. The summed E-state index contributed by atoms with van der Waals surface area (Å²) < 4.78 is 0. The number of aliphatic carboxylic acids is 1. The average Bonchev–Trinajstić information content (AvgIpc) is 3.13. The SMILES string of the molecule is CSCc1ccc(NC(=O)C2(C(=O)O)CC2)cc1. The van der Waals surface area contributed by atoms with Gasteiger partial charge in [-0.1, -0.05) is 12.1 Å². The maximum atomic E-state index is 11.9. The van der Waals surface area contributed by atoms with Crippen LogP contribution >= 0.6 is 11.8 Å². The lowest BCUT2D eigenvalue weighted by atomic mass is 10.1. The Labute approximate surface area is 110 Å². The molecular formula is C13H15NO3S. The highest BCUT2D eigenvalue weighted by Gasteiger charge is 2.57. The summed E-state index contributed by atoms with van der Waals surface area (Å²) in [7, 11) is 0. The van der Waals surface area contributed by atoms with Crippen LogP contribution in [0.4, 0.5) is 5.69 Å². The van der Waals surface area contributed by atoms with Gasteiger partial charge in [-0.3, -0.25) is 9.59 Å². The molecule has 1 saturated carbocycles. The van der Waals surface area contributed by atoms with Crippen LogP contribution in [0.25, 0.3) is 0 Å². The molecule has 96 valence electrons. The Kier molecular flexibility index (Phi) is 3.61. The molecular weight excluding hydrogens is 250 g/mol. The van der Waals surface area contributed by atoms with Crippen LogP contribution in [-0.4, -0.2) is 23.2 Å². The van der Waals surface area contributed by atoms with Crippen molar-refractivity contribution in [2.45, 2.75) is 18.6 Å². The van der Waals surface area contributed by atoms with E-state index >= 15 is 0 Å². The van der Waals surface area contributed by atoms with Crippen molar-refractivity contribution in [2.24, 2.45) is 5.41 Å². The molecule has 1 aliphatic rings. The number of hydrogen-bond donors (Lipinski definition) is 2. The minimum atomic E-state index is -1.18. The summed E-state index contributed by atoms with van der Waals surface area (Å²) >= 11 is 1.73. The van der Waals surface area contributed by atoms with Gasteiger partial charge in [-0.25, -0.2) is 0 Å². The van der Waals surface area contributed by atoms with Gasteiger partial charge in [-0.05, 0) is 36.8 Å². The lowest BCUT2D eigenvalue weighted by molar-refractivity contribution is -0.147. The number of hydrogen-bond acceptors (Lipinski definition) is 3. The maximum absolute atomic E-state index is 11.9. The normalized spacial score (nSPS) is 16.1. The smallest absolute Gasteiger partial charge is 0.319 e. The van der Waals surface area contributed by atoms with E-state index in [1.54, 1.807) is 23.9 Å². The van der Waals surface area contributed by atoms with E-state index in [1.807, 2.05) is 18.4 Å². The van der Waals surface area contributed by atoms with E-state index < -0.39 is 17.3 Å². The van der Waals surface area contributed by atoms with Crippen LogP contribution in [-0.2, 0) is 15.3 Å². The highest BCUT2D eigenvalue weighted by atomic mass is 32.2. The molecule has 1 aliphatic carbocycles. The Balaban J connectivity index is 2.01. The molecule has 4 nitrogen and oxygen atoms in total. The second kappa shape index (κ2) is 5.02. The van der Waals surface area contributed by atoms with E-state index in [-0.39, 0.29) is 0 Å². The van der Waals surface area contributed by atoms with Gasteiger partial charge in [0.15, 0.2) is 0 Å². The van der Waals surface area contributed by atoms with Crippen molar-refractivity contribution in [3.05, 3.63) is 29.8 Å². The van der Waals surface area contributed by atoms with Crippen molar-refractivity contribution in [1.82, 2.24) is 0 Å². The first kappa shape index (κ1) is 13.0. The van der Waals surface area contributed by atoms with Gasteiger partial charge in [0.2, 0.25) is 5.91 Å². The van der Waals surface area contributed by atoms with Crippen LogP contribution in [0.2, 0.25) is 0 Å². The third kappa shape index (κ3) is 2.51. The van der Waals surface area contributed by atoms with Crippen molar-refractivity contribution >= 4 is 29.3 Å². The summed E-state index contributed by atoms with van der Waals surface area (Å²) in [4.78, 5) is 22.8. The fraction of sp³-hybridized carbons (Fsp3) is 0.385. The second-order valence-electron chi connectivity index (χ2n) is 4.47. The lowest BCUT2D eigenvalue weighted by Crippen LogP contribution is -2.31. The number of carbonyl (C=O) groups is 2. The Morgan fingerprint density at radius 2 is 1.94 bits per heavy atom. The highest BCUT2D eigenvalue weighted by Crippen LogP contribution is 2.46. The Bertz CT molecular complexity index is 466. The van der Waals surface area contributed by atoms with Crippen molar-refractivity contribution in [1.29, 1.82) is 0 Å². The zero-order valence-corrected chi connectivity index (χ0v) is 10.9. The van der Waals surface area contributed by atoms with Gasteiger partial charge in [0, 0.05) is 11.4 Å². The van der Waals surface area contributed by atoms with E-state index in [4.69, 9.17) is 5.11 Å². The minimum absolute atomic E-state index is 0.410. The van der Waals surface area contributed by atoms with Crippen LogP contribution in [0.5, 0.6) is 0 Å². The van der Waals surface area contributed by atoms with E-state index in [0.717, 1.165) is 5.75 Å². The first-order valence-electron chi connectivity index (χ1n) is 5.71. The largest absolute Gasteiger partial charge is 0.480 e. The van der Waals surface area contributed by atoms with E-state index in [9.17, 15) is 9.59 Å². The molecule has 0 atom stereocenters. The van der Waals surface area contributed by atoms with E-state index in [2.05, 4.69) is 5.32 Å². The molecule has 1 fully saturated rings. The number of thioether (sulfide) groups is 1. The van der Waals surface area contributed by atoms with Crippen molar-refractivity contribution in [3.63, 3.8) is 0 Å². The van der Waals surface area contributed by atoms with Crippen LogP contribution < -0.4 is 5.32 Å². The van der Waals surface area contributed by atoms with Gasteiger partial charge < -0.3 is 10.4 Å². The van der Waals surface area contributed by atoms with Gasteiger partial charge in [-0.15, -0.1) is 0 Å². The molecule has 0 aliphatic heterocycles. The molecule has 1 amide bonds. The van der Waals surface area contributed by atoms with E-state index in [1.165, 1.54) is 5.56 Å². The number of carboxylic acid groups (broad SMARTS) is 1. The zero-order chi connectivity index (χ0) is 13.2. The third-order valence-electron chi connectivity index (χ3n) is 3.12. The molecule has 0 radical (unpaired) electrons. The van der Waals surface area contributed by atoms with Gasteiger partial charge in [0.25, 0.3) is 0 Å². The number of amides is 1. The molecule has 0 bridgehead atoms. The molecule has 0 aromatic heterocycles. The molecule has 0 unspecified atom stereocenters. The average molecular weight is 265 g/mol. The number of rotatable bonds is 5. The van der Waals surface area contributed by atoms with Gasteiger partial charge in [0.05, 0.1) is 0 Å². The predicted molar refractivity (Wildman–Crippen MR) is 71.6 cm³/mol. The number of anilines is 1. The van der Waals surface area contributed by atoms with Crippen LogP contribution in [0, 0.1) is 5.41 Å². The van der Waals surface area contributed by atoms with E-state index in [0.29, 0.717) is 18.5 Å². The number of nitrogens with one attached hydrogen (secondary N) is 1. The molecule has 0 heterocycles. The zero-order valence-electron chi connectivity index (χ0n) is 10.1. The van der Waals surface area contributed by atoms with Crippen molar-refractivity contribution < 1.29 is 14.7 Å². The topological polar surface area (TPSA) is 66.4 Å². The number of benzene rings is 1. The standard InChI is InChI=1S/C13H15NO3S/c1-18-8-9-2-4-10(5-3-9)14-11(15)13(6-7-13)12(16)17/h2-5H,6-8H2,1H3,(H,14,15)(H,16,17). The minimum Gasteiger partial charge on any atom is -0.480 e.